The van der Waals surface area contributed by atoms with Gasteiger partial charge in [-0.15, -0.1) is 11.3 Å². The summed E-state index contributed by atoms with van der Waals surface area (Å²) in [5.74, 6) is 0.930. The van der Waals surface area contributed by atoms with Crippen molar-refractivity contribution in [3.05, 3.63) is 52.4 Å². The Bertz CT molecular complexity index is 998. The van der Waals surface area contributed by atoms with E-state index in [9.17, 15) is 13.2 Å². The summed E-state index contributed by atoms with van der Waals surface area (Å²) in [5.41, 5.74) is 3.49. The van der Waals surface area contributed by atoms with Crippen molar-refractivity contribution in [2.45, 2.75) is 47.2 Å². The summed E-state index contributed by atoms with van der Waals surface area (Å²) >= 11 is 1.24. The van der Waals surface area contributed by atoms with Crippen LogP contribution in [0.15, 0.2) is 39.9 Å². The summed E-state index contributed by atoms with van der Waals surface area (Å²) in [6, 6.07) is 10.0. The summed E-state index contributed by atoms with van der Waals surface area (Å²) in [6.07, 6.45) is 1.44. The maximum absolute atomic E-state index is 12.5. The second-order valence-electron chi connectivity index (χ2n) is 7.54. The average molecular weight is 389 g/mol. The summed E-state index contributed by atoms with van der Waals surface area (Å²) < 4.78 is 25.2. The lowest BCUT2D eigenvalue weighted by atomic mass is 10.0. The minimum atomic E-state index is -3.26. The second-order valence-corrected chi connectivity index (χ2v) is 11.0. The number of carbonyl (C=O) groups is 1. The minimum Gasteiger partial charge on any atom is -0.334 e. The van der Waals surface area contributed by atoms with Crippen LogP contribution in [0, 0.1) is 5.92 Å². The quantitative estimate of drug-likeness (QED) is 0.830. The van der Waals surface area contributed by atoms with Crippen molar-refractivity contribution in [3.63, 3.8) is 0 Å². The lowest BCUT2D eigenvalue weighted by molar-refractivity contribution is 0.234. The molecule has 3 aliphatic rings. The zero-order valence-corrected chi connectivity index (χ0v) is 15.9. The summed E-state index contributed by atoms with van der Waals surface area (Å²) in [5, 5.41) is 7.42. The van der Waals surface area contributed by atoms with Crippen molar-refractivity contribution in [2.75, 3.05) is 0 Å². The molecule has 5 atom stereocenters. The molecule has 1 aliphatic heterocycles. The first-order chi connectivity index (χ1) is 12.5. The van der Waals surface area contributed by atoms with Gasteiger partial charge in [0, 0.05) is 17.5 Å². The van der Waals surface area contributed by atoms with E-state index in [2.05, 4.69) is 34.9 Å². The highest BCUT2D eigenvalue weighted by Gasteiger charge is 2.56. The Hall–Kier alpha value is -1.86. The van der Waals surface area contributed by atoms with Crippen molar-refractivity contribution in [1.29, 1.82) is 0 Å². The van der Waals surface area contributed by atoms with Gasteiger partial charge in [-0.05, 0) is 48.3 Å². The van der Waals surface area contributed by atoms with E-state index < -0.39 is 15.1 Å². The number of amides is 2. The Labute approximate surface area is 156 Å². The van der Waals surface area contributed by atoms with Crippen LogP contribution in [0.4, 0.5) is 4.79 Å². The average Bonchev–Trinajstić information content (AvgIpc) is 3.01. The van der Waals surface area contributed by atoms with E-state index in [1.807, 2.05) is 6.07 Å². The van der Waals surface area contributed by atoms with Crippen molar-refractivity contribution < 1.29 is 13.2 Å². The molecule has 0 radical (unpaired) electrons. The largest absolute Gasteiger partial charge is 0.334 e. The molecule has 0 bridgehead atoms. The van der Waals surface area contributed by atoms with Crippen LogP contribution in [0.2, 0.25) is 0 Å². The topological polar surface area (TPSA) is 75.3 Å². The minimum absolute atomic E-state index is 0.191. The van der Waals surface area contributed by atoms with Crippen LogP contribution in [-0.2, 0) is 16.3 Å². The third kappa shape index (κ3) is 2.33. The fraction of sp³-hybridized carbons (Fsp3) is 0.421. The van der Waals surface area contributed by atoms with Gasteiger partial charge in [-0.1, -0.05) is 24.3 Å². The number of thiophene rings is 1. The van der Waals surface area contributed by atoms with E-state index in [1.165, 1.54) is 22.5 Å². The van der Waals surface area contributed by atoms with E-state index in [1.54, 1.807) is 12.3 Å². The molecule has 1 aromatic carbocycles. The van der Waals surface area contributed by atoms with Gasteiger partial charge in [0.2, 0.25) is 0 Å². The normalized spacial score (nSPS) is 32.9. The molecule has 2 amide bonds. The molecule has 1 saturated carbocycles. The van der Waals surface area contributed by atoms with Gasteiger partial charge in [0.25, 0.3) is 0 Å². The van der Waals surface area contributed by atoms with E-state index in [0.717, 1.165) is 12.0 Å². The molecule has 2 aromatic rings. The van der Waals surface area contributed by atoms with Gasteiger partial charge in [0.1, 0.15) is 4.21 Å². The molecule has 2 aliphatic carbocycles. The van der Waals surface area contributed by atoms with E-state index in [-0.39, 0.29) is 18.1 Å². The monoisotopic (exact) mass is 388 g/mol. The van der Waals surface area contributed by atoms with Gasteiger partial charge in [0.05, 0.1) is 11.3 Å². The third-order valence-corrected chi connectivity index (χ3v) is 9.74. The maximum Gasteiger partial charge on any atom is 0.315 e. The molecular formula is C19H20N2O3S2. The predicted octanol–water partition coefficient (Wildman–Crippen LogP) is 2.99. The Morgan fingerprint density at radius 2 is 1.96 bits per heavy atom. The number of urea groups is 1. The highest BCUT2D eigenvalue weighted by molar-refractivity contribution is 7.94. The Morgan fingerprint density at radius 3 is 2.81 bits per heavy atom. The number of rotatable bonds is 2. The molecule has 136 valence electrons. The lowest BCUT2D eigenvalue weighted by Crippen LogP contribution is -2.43. The predicted molar refractivity (Wildman–Crippen MR) is 100 cm³/mol. The standard InChI is InChI=1S/C19H20N2O3S2/c1-10-8-15(13-6-7-25-18(13)26(10,23)24)20-19(22)21-17-14-9-11-4-2-3-5-12(11)16(14)17/h2-7,10,14-17H,8-9H2,1H3,(H2,20,21,22)/t10-,14?,15-,16?,17?/m0/s1. The number of fused-ring (bicyclic) bond motifs is 4. The molecular weight excluding hydrogens is 368 g/mol. The van der Waals surface area contributed by atoms with Gasteiger partial charge in [-0.25, -0.2) is 13.2 Å². The van der Waals surface area contributed by atoms with Gasteiger partial charge in [-0.3, -0.25) is 0 Å². The van der Waals surface area contributed by atoms with E-state index in [4.69, 9.17) is 0 Å². The first kappa shape index (κ1) is 16.3. The lowest BCUT2D eigenvalue weighted by Gasteiger charge is -2.28. The molecule has 5 nitrogen and oxygen atoms in total. The first-order valence-corrected chi connectivity index (χ1v) is 11.4. The zero-order valence-electron chi connectivity index (χ0n) is 14.3. The van der Waals surface area contributed by atoms with Crippen molar-refractivity contribution >= 4 is 27.2 Å². The smallest absolute Gasteiger partial charge is 0.315 e. The number of benzene rings is 1. The molecule has 26 heavy (non-hydrogen) atoms. The Morgan fingerprint density at radius 1 is 1.15 bits per heavy atom. The molecule has 2 heterocycles. The van der Waals surface area contributed by atoms with E-state index >= 15 is 0 Å². The summed E-state index contributed by atoms with van der Waals surface area (Å²) in [4.78, 5) is 12.5. The second kappa shape index (κ2) is 5.57. The van der Waals surface area contributed by atoms with Crippen LogP contribution < -0.4 is 10.6 Å². The number of hydrogen-bond acceptors (Lipinski definition) is 4. The first-order valence-electron chi connectivity index (χ1n) is 8.93. The van der Waals surface area contributed by atoms with Gasteiger partial charge in [-0.2, -0.15) is 0 Å². The van der Waals surface area contributed by atoms with Crippen LogP contribution in [0.1, 0.15) is 42.0 Å². The van der Waals surface area contributed by atoms with Crippen molar-refractivity contribution in [3.8, 4) is 0 Å². The number of sulfone groups is 1. The van der Waals surface area contributed by atoms with Crippen LogP contribution in [0.25, 0.3) is 0 Å². The Kier molecular flexibility index (Phi) is 3.49. The van der Waals surface area contributed by atoms with Crippen LogP contribution in [0.3, 0.4) is 0 Å². The Balaban J connectivity index is 1.28. The van der Waals surface area contributed by atoms with Gasteiger partial charge < -0.3 is 10.6 Å². The SMILES string of the molecule is C[C@H]1C[C@H](NC(=O)NC2C3Cc4ccccc4C32)c2ccsc2S1(=O)=O. The number of carbonyl (C=O) groups excluding carboxylic acids is 1. The van der Waals surface area contributed by atoms with Crippen molar-refractivity contribution in [2.24, 2.45) is 5.92 Å². The highest BCUT2D eigenvalue weighted by atomic mass is 32.2. The zero-order chi connectivity index (χ0) is 18.1. The summed E-state index contributed by atoms with van der Waals surface area (Å²) in [6.45, 7) is 1.72. The molecule has 0 spiro atoms. The van der Waals surface area contributed by atoms with Crippen LogP contribution in [-0.4, -0.2) is 25.7 Å². The summed E-state index contributed by atoms with van der Waals surface area (Å²) in [7, 11) is -3.26. The molecule has 3 unspecified atom stereocenters. The number of nitrogens with one attached hydrogen (secondary N) is 2. The fourth-order valence-electron chi connectivity index (χ4n) is 4.60. The third-order valence-electron chi connectivity index (χ3n) is 6.03. The molecule has 7 heteroatoms. The van der Waals surface area contributed by atoms with Crippen LogP contribution >= 0.6 is 11.3 Å². The van der Waals surface area contributed by atoms with Gasteiger partial charge in [0.15, 0.2) is 9.84 Å². The molecule has 0 saturated heterocycles. The highest BCUT2D eigenvalue weighted by Crippen LogP contribution is 2.56. The van der Waals surface area contributed by atoms with Crippen molar-refractivity contribution in [1.82, 2.24) is 10.6 Å². The molecule has 2 N–H and O–H groups in total. The van der Waals surface area contributed by atoms with Crippen LogP contribution in [0.5, 0.6) is 0 Å². The molecule has 5 rings (SSSR count). The van der Waals surface area contributed by atoms with E-state index in [0.29, 0.717) is 22.5 Å². The maximum atomic E-state index is 12.5. The fourth-order valence-corrected chi connectivity index (χ4v) is 7.83. The van der Waals surface area contributed by atoms with Gasteiger partial charge >= 0.3 is 6.03 Å². The molecule has 1 fully saturated rings. The number of hydrogen-bond donors (Lipinski definition) is 2. The molecule has 1 aromatic heterocycles.